The lowest BCUT2D eigenvalue weighted by Gasteiger charge is -2.35. The predicted octanol–water partition coefficient (Wildman–Crippen LogP) is 1.74. The van der Waals surface area contributed by atoms with Gasteiger partial charge in [-0.3, -0.25) is 14.5 Å². The van der Waals surface area contributed by atoms with Gasteiger partial charge < -0.3 is 14.6 Å². The molecule has 1 N–H and O–H groups in total. The molecule has 1 saturated heterocycles. The Morgan fingerprint density at radius 2 is 1.81 bits per heavy atom. The quantitative estimate of drug-likeness (QED) is 0.842. The number of carbonyl (C=O) groups is 1. The Bertz CT molecular complexity index is 809. The van der Waals surface area contributed by atoms with Gasteiger partial charge in [-0.15, -0.1) is 0 Å². The fourth-order valence-corrected chi connectivity index (χ4v) is 3.50. The smallest absolute Gasteiger partial charge is 0.263 e. The van der Waals surface area contributed by atoms with Crippen LogP contribution in [0, 0.1) is 0 Å². The molecule has 6 heteroatoms. The van der Waals surface area contributed by atoms with Crippen molar-refractivity contribution in [3.8, 4) is 0 Å². The van der Waals surface area contributed by atoms with Gasteiger partial charge in [-0.2, -0.15) is 0 Å². The maximum Gasteiger partial charge on any atom is 0.263 e. The van der Waals surface area contributed by atoms with E-state index in [4.69, 9.17) is 4.74 Å². The Hall–Kier alpha value is -2.44. The van der Waals surface area contributed by atoms with E-state index in [2.05, 4.69) is 24.1 Å². The van der Waals surface area contributed by atoms with Crippen LogP contribution >= 0.6 is 0 Å². The molecule has 0 radical (unpaired) electrons. The molecule has 3 rings (SSSR count). The minimum atomic E-state index is -0.322. The fraction of sp³-hybridized carbons (Fsp3) is 0.429. The summed E-state index contributed by atoms with van der Waals surface area (Å²) in [6.45, 7) is 7.52. The van der Waals surface area contributed by atoms with Crippen LogP contribution in [-0.2, 0) is 11.3 Å². The molecule has 144 valence electrons. The number of hydrogen-bond acceptors (Lipinski definition) is 4. The molecule has 0 spiro atoms. The molecule has 1 fully saturated rings. The molecule has 2 unspecified atom stereocenters. The van der Waals surface area contributed by atoms with Crippen molar-refractivity contribution >= 4 is 5.91 Å². The molecule has 0 aliphatic carbocycles. The van der Waals surface area contributed by atoms with E-state index >= 15 is 0 Å². The van der Waals surface area contributed by atoms with E-state index in [1.807, 2.05) is 30.3 Å². The third-order valence-corrected chi connectivity index (χ3v) is 4.67. The first kappa shape index (κ1) is 19.3. The molecular formula is C21H27N3O3. The lowest BCUT2D eigenvalue weighted by Crippen LogP contribution is -2.48. The summed E-state index contributed by atoms with van der Waals surface area (Å²) in [5.74, 6) is -0.322. The Morgan fingerprint density at radius 3 is 2.52 bits per heavy atom. The molecule has 1 aromatic heterocycles. The topological polar surface area (TPSA) is 63.6 Å². The average Bonchev–Trinajstić information content (AvgIpc) is 2.63. The summed E-state index contributed by atoms with van der Waals surface area (Å²) < 4.78 is 7.28. The Labute approximate surface area is 159 Å². The molecule has 6 nitrogen and oxygen atoms in total. The third-order valence-electron chi connectivity index (χ3n) is 4.67. The first-order chi connectivity index (χ1) is 13.0. The molecule has 2 aromatic rings. The molecule has 1 aliphatic heterocycles. The van der Waals surface area contributed by atoms with Gasteiger partial charge in [-0.25, -0.2) is 0 Å². The number of aromatic nitrogens is 1. The van der Waals surface area contributed by atoms with Crippen molar-refractivity contribution in [1.82, 2.24) is 14.8 Å². The lowest BCUT2D eigenvalue weighted by molar-refractivity contribution is -0.0672. The van der Waals surface area contributed by atoms with Gasteiger partial charge >= 0.3 is 0 Å². The zero-order valence-corrected chi connectivity index (χ0v) is 15.9. The zero-order valence-electron chi connectivity index (χ0n) is 15.9. The number of pyridine rings is 1. The summed E-state index contributed by atoms with van der Waals surface area (Å²) in [5.41, 5.74) is 0.928. The summed E-state index contributed by atoms with van der Waals surface area (Å²) in [4.78, 5) is 27.4. The molecule has 1 aliphatic rings. The largest absolute Gasteiger partial charge is 0.373 e. The normalized spacial score (nSPS) is 20.4. The number of nitrogens with one attached hydrogen (secondary N) is 1. The second kappa shape index (κ2) is 8.97. The first-order valence-electron chi connectivity index (χ1n) is 9.42. The first-order valence-corrected chi connectivity index (χ1v) is 9.42. The van der Waals surface area contributed by atoms with E-state index in [1.165, 1.54) is 0 Å². The predicted molar refractivity (Wildman–Crippen MR) is 105 cm³/mol. The van der Waals surface area contributed by atoms with Gasteiger partial charge in [0.25, 0.3) is 11.5 Å². The van der Waals surface area contributed by atoms with Crippen LogP contribution in [-0.4, -0.2) is 53.8 Å². The van der Waals surface area contributed by atoms with Crippen LogP contribution in [0.5, 0.6) is 0 Å². The number of nitrogens with zero attached hydrogens (tertiary/aromatic N) is 2. The van der Waals surface area contributed by atoms with Gasteiger partial charge in [0.2, 0.25) is 0 Å². The number of morpholine rings is 1. The van der Waals surface area contributed by atoms with Crippen molar-refractivity contribution in [2.45, 2.75) is 32.6 Å². The third kappa shape index (κ3) is 5.28. The number of carbonyl (C=O) groups excluding carboxylic acids is 1. The van der Waals surface area contributed by atoms with Crippen LogP contribution in [0.1, 0.15) is 29.8 Å². The van der Waals surface area contributed by atoms with Crippen LogP contribution in [0.15, 0.2) is 53.5 Å². The summed E-state index contributed by atoms with van der Waals surface area (Å²) in [6, 6.07) is 13.1. The van der Waals surface area contributed by atoms with Crippen molar-refractivity contribution in [3.05, 3.63) is 70.1 Å². The highest BCUT2D eigenvalue weighted by Gasteiger charge is 2.22. The van der Waals surface area contributed by atoms with Gasteiger partial charge in [0.05, 0.1) is 18.8 Å². The minimum absolute atomic E-state index is 0.178. The van der Waals surface area contributed by atoms with E-state index < -0.39 is 0 Å². The van der Waals surface area contributed by atoms with Crippen molar-refractivity contribution in [1.29, 1.82) is 0 Å². The number of benzene rings is 1. The van der Waals surface area contributed by atoms with Gasteiger partial charge in [0, 0.05) is 32.4 Å². The van der Waals surface area contributed by atoms with Crippen LogP contribution in [0.25, 0.3) is 0 Å². The second-order valence-electron chi connectivity index (χ2n) is 7.11. The van der Waals surface area contributed by atoms with E-state index in [9.17, 15) is 9.59 Å². The molecular weight excluding hydrogens is 342 g/mol. The highest BCUT2D eigenvalue weighted by Crippen LogP contribution is 2.09. The van der Waals surface area contributed by atoms with Crippen LogP contribution in [0.4, 0.5) is 0 Å². The monoisotopic (exact) mass is 369 g/mol. The second-order valence-corrected chi connectivity index (χ2v) is 7.11. The van der Waals surface area contributed by atoms with Crippen molar-refractivity contribution < 1.29 is 9.53 Å². The highest BCUT2D eigenvalue weighted by molar-refractivity contribution is 5.93. The summed E-state index contributed by atoms with van der Waals surface area (Å²) in [6.07, 6.45) is 2.11. The molecule has 0 bridgehead atoms. The van der Waals surface area contributed by atoms with Gasteiger partial charge in [0.1, 0.15) is 5.56 Å². The van der Waals surface area contributed by atoms with Gasteiger partial charge in [0.15, 0.2) is 0 Å². The van der Waals surface area contributed by atoms with E-state index in [0.29, 0.717) is 13.1 Å². The van der Waals surface area contributed by atoms with E-state index in [0.717, 1.165) is 25.2 Å². The fourth-order valence-electron chi connectivity index (χ4n) is 3.50. The lowest BCUT2D eigenvalue weighted by atomic mass is 10.2. The summed E-state index contributed by atoms with van der Waals surface area (Å²) in [7, 11) is 0. The maximum absolute atomic E-state index is 12.6. The molecule has 1 aromatic carbocycles. The molecule has 27 heavy (non-hydrogen) atoms. The highest BCUT2D eigenvalue weighted by atomic mass is 16.5. The molecule has 2 heterocycles. The van der Waals surface area contributed by atoms with Crippen molar-refractivity contribution in [2.24, 2.45) is 0 Å². The standard InChI is InChI=1S/C21H27N3O3/c1-16-13-23(14-17(2)27-16)12-10-22-20(25)19-9-6-11-24(21(19)26)15-18-7-4-3-5-8-18/h3-9,11,16-17H,10,12-15H2,1-2H3,(H,22,25). The number of hydrogen-bond donors (Lipinski definition) is 1. The van der Waals surface area contributed by atoms with E-state index in [-0.39, 0.29) is 29.2 Å². The van der Waals surface area contributed by atoms with Crippen molar-refractivity contribution in [2.75, 3.05) is 26.2 Å². The number of rotatable bonds is 6. The van der Waals surface area contributed by atoms with Gasteiger partial charge in [-0.1, -0.05) is 30.3 Å². The van der Waals surface area contributed by atoms with E-state index in [1.54, 1.807) is 22.9 Å². The number of ether oxygens (including phenoxy) is 1. The Morgan fingerprint density at radius 1 is 1.11 bits per heavy atom. The summed E-state index contributed by atoms with van der Waals surface area (Å²) in [5, 5.41) is 2.87. The maximum atomic E-state index is 12.6. The van der Waals surface area contributed by atoms with Crippen LogP contribution < -0.4 is 10.9 Å². The average molecular weight is 369 g/mol. The number of amides is 1. The Kier molecular flexibility index (Phi) is 6.42. The molecule has 1 amide bonds. The molecule has 0 saturated carbocycles. The zero-order chi connectivity index (χ0) is 19.2. The van der Waals surface area contributed by atoms with Crippen LogP contribution in [0.2, 0.25) is 0 Å². The Balaban J connectivity index is 1.58. The van der Waals surface area contributed by atoms with Crippen LogP contribution in [0.3, 0.4) is 0 Å². The van der Waals surface area contributed by atoms with Gasteiger partial charge in [-0.05, 0) is 31.5 Å². The SMILES string of the molecule is CC1CN(CCNC(=O)c2cccn(Cc3ccccc3)c2=O)CC(C)O1. The minimum Gasteiger partial charge on any atom is -0.373 e. The summed E-state index contributed by atoms with van der Waals surface area (Å²) >= 11 is 0. The molecule has 2 atom stereocenters. The van der Waals surface area contributed by atoms with Crippen molar-refractivity contribution in [3.63, 3.8) is 0 Å².